The zero-order valence-electron chi connectivity index (χ0n) is 14.9. The van der Waals surface area contributed by atoms with Gasteiger partial charge in [0.25, 0.3) is 0 Å². The lowest BCUT2D eigenvalue weighted by Crippen LogP contribution is -2.50. The molecular weight excluding hydrogens is 306 g/mol. The number of methoxy groups -OCH3 is 1. The Morgan fingerprint density at radius 2 is 1.08 bits per heavy atom. The van der Waals surface area contributed by atoms with Gasteiger partial charge in [0, 0.05) is 13.2 Å². The number of hydrogen-bond donors (Lipinski definition) is 1. The molecule has 0 radical (unpaired) electrons. The van der Waals surface area contributed by atoms with Gasteiger partial charge in [-0.25, -0.2) is 0 Å². The quantitative estimate of drug-likeness (QED) is 0.639. The maximum atomic E-state index is 5.39. The summed E-state index contributed by atoms with van der Waals surface area (Å²) in [5, 5.41) is 3.86. The highest BCUT2D eigenvalue weighted by molar-refractivity contribution is 5.49. The minimum absolute atomic E-state index is 0.186. The van der Waals surface area contributed by atoms with Crippen LogP contribution in [0.4, 0.5) is 0 Å². The van der Waals surface area contributed by atoms with Crippen LogP contribution < -0.4 is 5.32 Å². The normalized spacial score (nSPS) is 12.7. The van der Waals surface area contributed by atoms with Crippen molar-refractivity contribution in [2.24, 2.45) is 0 Å². The molecule has 1 N–H and O–H groups in total. The Labute approximate surface area is 150 Å². The van der Waals surface area contributed by atoms with Crippen LogP contribution in [0.15, 0.2) is 91.0 Å². The van der Waals surface area contributed by atoms with Crippen molar-refractivity contribution in [1.29, 1.82) is 0 Å². The summed E-state index contributed by atoms with van der Waals surface area (Å²) in [5.41, 5.74) is 3.22. The summed E-state index contributed by atoms with van der Waals surface area (Å²) >= 11 is 0. The highest BCUT2D eigenvalue weighted by atomic mass is 16.5. The Morgan fingerprint density at radius 3 is 1.40 bits per heavy atom. The van der Waals surface area contributed by atoms with Crippen molar-refractivity contribution in [3.63, 3.8) is 0 Å². The molecule has 0 aromatic heterocycles. The molecule has 2 heteroatoms. The van der Waals surface area contributed by atoms with Gasteiger partial charge in [0.2, 0.25) is 0 Å². The van der Waals surface area contributed by atoms with E-state index < -0.39 is 5.54 Å². The second-order valence-corrected chi connectivity index (χ2v) is 6.35. The van der Waals surface area contributed by atoms with Gasteiger partial charge in [0.05, 0.1) is 12.1 Å². The van der Waals surface area contributed by atoms with Crippen LogP contribution in [-0.4, -0.2) is 19.8 Å². The summed E-state index contributed by atoms with van der Waals surface area (Å²) in [7, 11) is 1.74. The lowest BCUT2D eigenvalue weighted by molar-refractivity contribution is 0.162. The van der Waals surface area contributed by atoms with Gasteiger partial charge in [-0.1, -0.05) is 91.0 Å². The lowest BCUT2D eigenvalue weighted by atomic mass is 9.76. The number of ether oxygens (including phenoxy) is 1. The van der Waals surface area contributed by atoms with E-state index in [9.17, 15) is 0 Å². The third-order valence-corrected chi connectivity index (χ3v) is 4.50. The van der Waals surface area contributed by atoms with E-state index in [4.69, 9.17) is 4.74 Å². The van der Waals surface area contributed by atoms with Crippen molar-refractivity contribution in [3.8, 4) is 0 Å². The van der Waals surface area contributed by atoms with Gasteiger partial charge in [0.1, 0.15) is 0 Å². The van der Waals surface area contributed by atoms with Gasteiger partial charge in [-0.05, 0) is 23.6 Å². The topological polar surface area (TPSA) is 21.3 Å². The molecule has 0 aliphatic heterocycles. The minimum atomic E-state index is -0.429. The van der Waals surface area contributed by atoms with E-state index in [2.05, 4.69) is 103 Å². The first-order chi connectivity index (χ1) is 12.3. The molecule has 0 saturated heterocycles. The smallest absolute Gasteiger partial charge is 0.0950 e. The van der Waals surface area contributed by atoms with Crippen molar-refractivity contribution in [2.45, 2.75) is 18.5 Å². The molecule has 0 unspecified atom stereocenters. The Bertz CT molecular complexity index is 659. The van der Waals surface area contributed by atoms with E-state index in [1.54, 1.807) is 7.11 Å². The largest absolute Gasteiger partial charge is 0.383 e. The van der Waals surface area contributed by atoms with Crippen LogP contribution in [0.5, 0.6) is 0 Å². The molecule has 3 rings (SSSR count). The fourth-order valence-corrected chi connectivity index (χ4v) is 3.48. The number of rotatable bonds is 7. The van der Waals surface area contributed by atoms with Gasteiger partial charge < -0.3 is 4.74 Å². The number of benzene rings is 3. The third kappa shape index (κ3) is 3.65. The van der Waals surface area contributed by atoms with E-state index in [0.717, 1.165) is 0 Å². The van der Waals surface area contributed by atoms with Crippen molar-refractivity contribution in [3.05, 3.63) is 108 Å². The van der Waals surface area contributed by atoms with E-state index in [0.29, 0.717) is 6.61 Å². The molecule has 0 spiro atoms. The maximum Gasteiger partial charge on any atom is 0.0950 e. The van der Waals surface area contributed by atoms with E-state index in [-0.39, 0.29) is 6.04 Å². The summed E-state index contributed by atoms with van der Waals surface area (Å²) in [5.74, 6) is 0. The van der Waals surface area contributed by atoms with Crippen LogP contribution in [0.1, 0.15) is 23.6 Å². The molecule has 0 aliphatic carbocycles. The molecule has 0 aliphatic rings. The standard InChI is InChI=1S/C23H25NO/c1-19(18-25-2)24-23(20-12-6-3-7-13-20,21-14-8-4-9-15-21)22-16-10-5-11-17-22/h3-17,19,24H,18H2,1-2H3/t19-/m1/s1. The van der Waals surface area contributed by atoms with Crippen LogP contribution in [0.3, 0.4) is 0 Å². The minimum Gasteiger partial charge on any atom is -0.383 e. The zero-order chi connectivity index (χ0) is 17.5. The second kappa shape index (κ2) is 8.11. The lowest BCUT2D eigenvalue weighted by Gasteiger charge is -2.39. The van der Waals surface area contributed by atoms with Gasteiger partial charge in [-0.15, -0.1) is 0 Å². The zero-order valence-corrected chi connectivity index (χ0v) is 14.9. The van der Waals surface area contributed by atoms with Crippen molar-refractivity contribution >= 4 is 0 Å². The molecular formula is C23H25NO. The van der Waals surface area contributed by atoms with E-state index >= 15 is 0 Å². The summed E-state index contributed by atoms with van der Waals surface area (Å²) < 4.78 is 5.39. The Morgan fingerprint density at radius 1 is 0.720 bits per heavy atom. The number of hydrogen-bond acceptors (Lipinski definition) is 2. The van der Waals surface area contributed by atoms with Gasteiger partial charge in [0.15, 0.2) is 0 Å². The van der Waals surface area contributed by atoms with Crippen LogP contribution in [0.25, 0.3) is 0 Å². The molecule has 0 amide bonds. The average molecular weight is 331 g/mol. The molecule has 3 aromatic rings. The fraction of sp³-hybridized carbons (Fsp3) is 0.217. The summed E-state index contributed by atoms with van der Waals surface area (Å²) in [4.78, 5) is 0. The first-order valence-electron chi connectivity index (χ1n) is 8.70. The molecule has 25 heavy (non-hydrogen) atoms. The monoisotopic (exact) mass is 331 g/mol. The molecule has 2 nitrogen and oxygen atoms in total. The molecule has 0 bridgehead atoms. The molecule has 128 valence electrons. The van der Waals surface area contributed by atoms with Gasteiger partial charge >= 0.3 is 0 Å². The van der Waals surface area contributed by atoms with Crippen molar-refractivity contribution < 1.29 is 4.74 Å². The molecule has 1 atom stereocenters. The second-order valence-electron chi connectivity index (χ2n) is 6.35. The third-order valence-electron chi connectivity index (χ3n) is 4.50. The van der Waals surface area contributed by atoms with E-state index in [1.807, 2.05) is 0 Å². The van der Waals surface area contributed by atoms with Gasteiger partial charge in [-0.2, -0.15) is 0 Å². The number of nitrogens with one attached hydrogen (secondary N) is 1. The van der Waals surface area contributed by atoms with Gasteiger partial charge in [-0.3, -0.25) is 5.32 Å². The molecule has 0 heterocycles. The summed E-state index contributed by atoms with van der Waals surface area (Å²) in [6, 6.07) is 32.1. The maximum absolute atomic E-state index is 5.39. The predicted octanol–water partition coefficient (Wildman–Crippen LogP) is 4.60. The van der Waals surface area contributed by atoms with Crippen molar-refractivity contribution in [2.75, 3.05) is 13.7 Å². The van der Waals surface area contributed by atoms with Crippen LogP contribution in [0.2, 0.25) is 0 Å². The van der Waals surface area contributed by atoms with Crippen LogP contribution in [-0.2, 0) is 10.3 Å². The summed E-state index contributed by atoms with van der Waals surface area (Å²) in [6.45, 7) is 2.81. The Balaban J connectivity index is 2.24. The van der Waals surface area contributed by atoms with Crippen LogP contribution >= 0.6 is 0 Å². The molecule has 0 saturated carbocycles. The van der Waals surface area contributed by atoms with E-state index in [1.165, 1.54) is 16.7 Å². The first-order valence-corrected chi connectivity index (χ1v) is 8.70. The first kappa shape index (κ1) is 17.4. The highest BCUT2D eigenvalue weighted by Gasteiger charge is 2.37. The highest BCUT2D eigenvalue weighted by Crippen LogP contribution is 2.37. The average Bonchev–Trinajstić information content (AvgIpc) is 2.68. The Kier molecular flexibility index (Phi) is 5.64. The molecule has 3 aromatic carbocycles. The van der Waals surface area contributed by atoms with Crippen LogP contribution in [0, 0.1) is 0 Å². The fourth-order valence-electron chi connectivity index (χ4n) is 3.48. The SMILES string of the molecule is COC[C@@H](C)NC(c1ccccc1)(c1ccccc1)c1ccccc1. The predicted molar refractivity (Wildman–Crippen MR) is 104 cm³/mol. The summed E-state index contributed by atoms with van der Waals surface area (Å²) in [6.07, 6.45) is 0. The van der Waals surface area contributed by atoms with Crippen molar-refractivity contribution in [1.82, 2.24) is 5.32 Å². The Hall–Kier alpha value is -2.42. The molecule has 0 fully saturated rings.